The Hall–Kier alpha value is -1.89. The van der Waals surface area contributed by atoms with Gasteiger partial charge in [0.25, 0.3) is 5.69 Å². The summed E-state index contributed by atoms with van der Waals surface area (Å²) in [7, 11) is 0. The van der Waals surface area contributed by atoms with Crippen LogP contribution in [-0.4, -0.2) is 27.6 Å². The van der Waals surface area contributed by atoms with E-state index in [2.05, 4.69) is 5.32 Å². The summed E-state index contributed by atoms with van der Waals surface area (Å²) in [5.41, 5.74) is 0.497. The average molecular weight is 308 g/mol. The number of nitro groups is 1. The molecule has 1 atom stereocenters. The Balaban J connectivity index is 1.81. The largest absolute Gasteiger partial charge is 0.325 e. The first-order chi connectivity index (χ1) is 10.1. The first-order valence-electron chi connectivity index (χ1n) is 6.75. The van der Waals surface area contributed by atoms with Gasteiger partial charge < -0.3 is 5.32 Å². The van der Waals surface area contributed by atoms with Crippen LogP contribution in [0.5, 0.6) is 0 Å². The monoisotopic (exact) mass is 308 g/mol. The van der Waals surface area contributed by atoms with E-state index in [-0.39, 0.29) is 28.4 Å². The summed E-state index contributed by atoms with van der Waals surface area (Å²) in [6, 6.07) is 5.67. The average Bonchev–Trinajstić information content (AvgIpc) is 2.47. The zero-order valence-corrected chi connectivity index (χ0v) is 12.2. The smallest absolute Gasteiger partial charge is 0.269 e. The molecular weight excluding hydrogens is 292 g/mol. The zero-order chi connectivity index (χ0) is 15.2. The van der Waals surface area contributed by atoms with Gasteiger partial charge in [0.15, 0.2) is 0 Å². The molecule has 1 unspecified atom stereocenters. The number of Topliss-reactive ketones (excluding diaryl/α,β-unsaturated/α-hetero) is 1. The first-order valence-corrected chi connectivity index (χ1v) is 7.80. The maximum Gasteiger partial charge on any atom is 0.269 e. The molecule has 0 bridgehead atoms. The van der Waals surface area contributed by atoms with Crippen LogP contribution in [0.4, 0.5) is 11.4 Å². The number of carbonyl (C=O) groups is 2. The highest BCUT2D eigenvalue weighted by atomic mass is 32.2. The van der Waals surface area contributed by atoms with Crippen LogP contribution < -0.4 is 5.32 Å². The van der Waals surface area contributed by atoms with E-state index >= 15 is 0 Å². The van der Waals surface area contributed by atoms with Crippen molar-refractivity contribution in [2.45, 2.75) is 30.9 Å². The number of hydrogen-bond acceptors (Lipinski definition) is 5. The lowest BCUT2D eigenvalue weighted by Crippen LogP contribution is -2.24. The summed E-state index contributed by atoms with van der Waals surface area (Å²) in [4.78, 5) is 33.5. The van der Waals surface area contributed by atoms with Crippen molar-refractivity contribution in [3.63, 3.8) is 0 Å². The number of amides is 1. The van der Waals surface area contributed by atoms with Crippen LogP contribution in [-0.2, 0) is 9.59 Å². The van der Waals surface area contributed by atoms with Gasteiger partial charge in [-0.2, -0.15) is 0 Å². The Bertz CT molecular complexity index is 544. The fourth-order valence-corrected chi connectivity index (χ4v) is 3.23. The van der Waals surface area contributed by atoms with Gasteiger partial charge in [0, 0.05) is 24.2 Å². The van der Waals surface area contributed by atoms with Crippen LogP contribution in [0.15, 0.2) is 24.3 Å². The van der Waals surface area contributed by atoms with E-state index in [1.807, 2.05) is 0 Å². The molecule has 0 saturated heterocycles. The minimum Gasteiger partial charge on any atom is -0.325 e. The summed E-state index contributed by atoms with van der Waals surface area (Å²) in [5.74, 6) is 0.245. The second-order valence-corrected chi connectivity index (χ2v) is 6.05. The third-order valence-electron chi connectivity index (χ3n) is 3.28. The second-order valence-electron chi connectivity index (χ2n) is 4.86. The van der Waals surface area contributed by atoms with Gasteiger partial charge in [-0.25, -0.2) is 0 Å². The number of ketones is 1. The molecule has 0 spiro atoms. The molecule has 7 heteroatoms. The number of benzene rings is 1. The summed E-state index contributed by atoms with van der Waals surface area (Å²) >= 11 is 1.37. The fraction of sp³-hybridized carbons (Fsp3) is 0.429. The van der Waals surface area contributed by atoms with Gasteiger partial charge in [-0.15, -0.1) is 11.8 Å². The molecule has 0 aromatic heterocycles. The van der Waals surface area contributed by atoms with E-state index in [1.54, 1.807) is 0 Å². The Morgan fingerprint density at radius 2 is 2.05 bits per heavy atom. The number of nitro benzene ring substituents is 1. The van der Waals surface area contributed by atoms with Gasteiger partial charge in [0.05, 0.1) is 15.9 Å². The lowest BCUT2D eigenvalue weighted by atomic mass is 9.99. The maximum atomic E-state index is 11.8. The number of anilines is 1. The van der Waals surface area contributed by atoms with Crippen molar-refractivity contribution in [1.82, 2.24) is 0 Å². The predicted octanol–water partition coefficient (Wildman–Crippen LogP) is 2.78. The van der Waals surface area contributed by atoms with E-state index in [0.717, 1.165) is 19.3 Å². The Kier molecular flexibility index (Phi) is 5.32. The molecule has 0 aliphatic heterocycles. The molecule has 1 amide bonds. The van der Waals surface area contributed by atoms with Gasteiger partial charge in [-0.05, 0) is 25.0 Å². The molecule has 1 fully saturated rings. The van der Waals surface area contributed by atoms with E-state index in [4.69, 9.17) is 0 Å². The van der Waals surface area contributed by atoms with Crippen molar-refractivity contribution < 1.29 is 14.5 Å². The highest BCUT2D eigenvalue weighted by molar-refractivity contribution is 8.01. The minimum absolute atomic E-state index is 0.0184. The van der Waals surface area contributed by atoms with Crippen molar-refractivity contribution in [2.24, 2.45) is 0 Å². The van der Waals surface area contributed by atoms with E-state index in [1.165, 1.54) is 36.0 Å². The van der Waals surface area contributed by atoms with Crippen LogP contribution in [0.1, 0.15) is 25.7 Å². The van der Waals surface area contributed by atoms with Crippen LogP contribution in [0.25, 0.3) is 0 Å². The second kappa shape index (κ2) is 7.21. The fourth-order valence-electron chi connectivity index (χ4n) is 2.17. The van der Waals surface area contributed by atoms with Crippen LogP contribution in [0.2, 0.25) is 0 Å². The molecule has 21 heavy (non-hydrogen) atoms. The number of nitrogens with one attached hydrogen (secondary N) is 1. The van der Waals surface area contributed by atoms with Gasteiger partial charge in [0.2, 0.25) is 5.91 Å². The van der Waals surface area contributed by atoms with Crippen LogP contribution in [0.3, 0.4) is 0 Å². The normalized spacial score (nSPS) is 18.3. The number of nitrogens with zero attached hydrogens (tertiary/aromatic N) is 1. The number of rotatable bonds is 5. The molecule has 112 valence electrons. The molecule has 6 nitrogen and oxygen atoms in total. The lowest BCUT2D eigenvalue weighted by Gasteiger charge is -2.19. The third kappa shape index (κ3) is 4.56. The molecule has 1 N–H and O–H groups in total. The molecule has 1 saturated carbocycles. The van der Waals surface area contributed by atoms with Crippen LogP contribution >= 0.6 is 11.8 Å². The molecule has 2 rings (SSSR count). The first kappa shape index (κ1) is 15.5. The van der Waals surface area contributed by atoms with E-state index < -0.39 is 4.92 Å². The number of non-ortho nitro benzene ring substituents is 1. The minimum atomic E-state index is -0.490. The van der Waals surface area contributed by atoms with Gasteiger partial charge in [-0.1, -0.05) is 6.42 Å². The molecular formula is C14H16N2O4S. The summed E-state index contributed by atoms with van der Waals surface area (Å²) in [5, 5.41) is 13.1. The quantitative estimate of drug-likeness (QED) is 0.667. The molecule has 1 aromatic rings. The van der Waals surface area contributed by atoms with E-state index in [9.17, 15) is 19.7 Å². The predicted molar refractivity (Wildman–Crippen MR) is 81.4 cm³/mol. The summed E-state index contributed by atoms with van der Waals surface area (Å²) in [6.45, 7) is 0. The lowest BCUT2D eigenvalue weighted by molar-refractivity contribution is -0.384. The highest BCUT2D eigenvalue weighted by Gasteiger charge is 2.23. The Labute approximate surface area is 126 Å². The SMILES string of the molecule is O=C(CSC1CCCCC1=O)Nc1ccc([N+](=O)[O-])cc1. The standard InChI is InChI=1S/C14H16N2O4S/c17-12-3-1-2-4-13(12)21-9-14(18)15-10-5-7-11(8-6-10)16(19)20/h5-8,13H,1-4,9H2,(H,15,18). The molecule has 1 aliphatic rings. The summed E-state index contributed by atoms with van der Waals surface area (Å²) in [6.07, 6.45) is 3.44. The van der Waals surface area contributed by atoms with Crippen molar-refractivity contribution in [3.05, 3.63) is 34.4 Å². The van der Waals surface area contributed by atoms with Crippen molar-refractivity contribution in [2.75, 3.05) is 11.1 Å². The van der Waals surface area contributed by atoms with E-state index in [0.29, 0.717) is 12.1 Å². The Morgan fingerprint density at radius 3 is 2.67 bits per heavy atom. The van der Waals surface area contributed by atoms with Crippen molar-refractivity contribution >= 4 is 34.8 Å². The highest BCUT2D eigenvalue weighted by Crippen LogP contribution is 2.25. The molecule has 1 aliphatic carbocycles. The van der Waals surface area contributed by atoms with Gasteiger partial charge >= 0.3 is 0 Å². The van der Waals surface area contributed by atoms with Crippen molar-refractivity contribution in [3.8, 4) is 0 Å². The number of thioether (sulfide) groups is 1. The third-order valence-corrected chi connectivity index (χ3v) is 4.61. The maximum absolute atomic E-state index is 11.8. The number of carbonyl (C=O) groups excluding carboxylic acids is 2. The van der Waals surface area contributed by atoms with Gasteiger partial charge in [-0.3, -0.25) is 19.7 Å². The number of hydrogen-bond donors (Lipinski definition) is 1. The molecule has 0 radical (unpaired) electrons. The molecule has 1 aromatic carbocycles. The van der Waals surface area contributed by atoms with Gasteiger partial charge in [0.1, 0.15) is 5.78 Å². The van der Waals surface area contributed by atoms with Crippen LogP contribution in [0, 0.1) is 10.1 Å². The molecule has 0 heterocycles. The Morgan fingerprint density at radius 1 is 1.33 bits per heavy atom. The van der Waals surface area contributed by atoms with Crippen molar-refractivity contribution in [1.29, 1.82) is 0 Å². The summed E-state index contributed by atoms with van der Waals surface area (Å²) < 4.78 is 0. The topological polar surface area (TPSA) is 89.3 Å². The zero-order valence-electron chi connectivity index (χ0n) is 11.4.